The molecule has 0 amide bonds. The van der Waals surface area contributed by atoms with E-state index in [-0.39, 0.29) is 12.3 Å². The molecule has 10 nitrogen and oxygen atoms in total. The molecule has 10 heteroatoms. The largest absolute Gasteiger partial charge is 0.369 e. The van der Waals surface area contributed by atoms with Crippen molar-refractivity contribution in [3.05, 3.63) is 0 Å². The van der Waals surface area contributed by atoms with Crippen molar-refractivity contribution in [1.29, 1.82) is 0 Å². The van der Waals surface area contributed by atoms with Crippen molar-refractivity contribution >= 4 is 23.8 Å². The summed E-state index contributed by atoms with van der Waals surface area (Å²) >= 11 is 0. The van der Waals surface area contributed by atoms with Crippen molar-refractivity contribution in [1.82, 2.24) is 20.4 Å². The smallest absolute Gasteiger partial charge is 0.202 e. The highest BCUT2D eigenvalue weighted by atomic mass is 15.4. The fourth-order valence-electron chi connectivity index (χ4n) is 3.10. The summed E-state index contributed by atoms with van der Waals surface area (Å²) in [5.74, 6) is 2.47. The SMILES string of the molecule is CCCCCNC1=NC(CCN2C(N)=NC(C)N=C2NCCCC)N=C(N)N1C. The second kappa shape index (κ2) is 11.5. The molecule has 2 aliphatic heterocycles. The fraction of sp³-hybridized carbons (Fsp3) is 0.789. The van der Waals surface area contributed by atoms with Crippen molar-refractivity contribution in [2.75, 3.05) is 26.7 Å². The van der Waals surface area contributed by atoms with E-state index in [2.05, 4.69) is 39.5 Å². The number of hydrogen-bond donors (Lipinski definition) is 4. The number of nitrogens with zero attached hydrogens (tertiary/aromatic N) is 6. The zero-order valence-electron chi connectivity index (χ0n) is 18.4. The molecule has 0 saturated carbocycles. The minimum atomic E-state index is -0.260. The lowest BCUT2D eigenvalue weighted by Crippen LogP contribution is -2.53. The first-order valence-electron chi connectivity index (χ1n) is 10.8. The van der Waals surface area contributed by atoms with E-state index in [1.165, 1.54) is 12.8 Å². The highest BCUT2D eigenvalue weighted by Gasteiger charge is 2.25. The van der Waals surface area contributed by atoms with Crippen molar-refractivity contribution in [2.24, 2.45) is 31.4 Å². The van der Waals surface area contributed by atoms with Gasteiger partial charge >= 0.3 is 0 Å². The second-order valence-electron chi connectivity index (χ2n) is 7.41. The van der Waals surface area contributed by atoms with Gasteiger partial charge < -0.3 is 22.1 Å². The van der Waals surface area contributed by atoms with Crippen molar-refractivity contribution in [2.45, 2.75) is 71.6 Å². The first kappa shape index (κ1) is 22.8. The van der Waals surface area contributed by atoms with E-state index in [0.29, 0.717) is 24.9 Å². The first-order valence-corrected chi connectivity index (χ1v) is 10.8. The Morgan fingerprint density at radius 3 is 2.28 bits per heavy atom. The van der Waals surface area contributed by atoms with Crippen LogP contribution >= 0.6 is 0 Å². The molecule has 2 aliphatic rings. The number of nitrogens with one attached hydrogen (secondary N) is 2. The van der Waals surface area contributed by atoms with Gasteiger partial charge in [0.05, 0.1) is 0 Å². The number of nitrogens with two attached hydrogens (primary N) is 2. The van der Waals surface area contributed by atoms with Crippen LogP contribution in [0.5, 0.6) is 0 Å². The molecule has 0 aromatic heterocycles. The molecule has 0 aromatic rings. The molecule has 6 N–H and O–H groups in total. The highest BCUT2D eigenvalue weighted by molar-refractivity contribution is 6.00. The molecule has 0 spiro atoms. The lowest BCUT2D eigenvalue weighted by molar-refractivity contribution is 0.472. The van der Waals surface area contributed by atoms with Gasteiger partial charge in [0.1, 0.15) is 12.3 Å². The van der Waals surface area contributed by atoms with Crippen LogP contribution in [0.1, 0.15) is 59.3 Å². The number of unbranched alkanes of at least 4 members (excludes halogenated alkanes) is 3. The summed E-state index contributed by atoms with van der Waals surface area (Å²) < 4.78 is 0. The Balaban J connectivity index is 1.98. The van der Waals surface area contributed by atoms with Crippen molar-refractivity contribution in [3.63, 3.8) is 0 Å². The van der Waals surface area contributed by atoms with Crippen LogP contribution in [0.2, 0.25) is 0 Å². The van der Waals surface area contributed by atoms with Crippen LogP contribution in [0.4, 0.5) is 0 Å². The molecule has 29 heavy (non-hydrogen) atoms. The predicted molar refractivity (Wildman–Crippen MR) is 121 cm³/mol. The van der Waals surface area contributed by atoms with Crippen LogP contribution in [-0.4, -0.2) is 72.7 Å². The average Bonchev–Trinajstić information content (AvgIpc) is 2.68. The molecule has 164 valence electrons. The maximum absolute atomic E-state index is 6.19. The second-order valence-corrected chi connectivity index (χ2v) is 7.41. The zero-order chi connectivity index (χ0) is 21.2. The summed E-state index contributed by atoms with van der Waals surface area (Å²) in [6.45, 7) is 8.62. The number of hydrogen-bond acceptors (Lipinski definition) is 10. The van der Waals surface area contributed by atoms with Crippen LogP contribution in [0.15, 0.2) is 20.0 Å². The van der Waals surface area contributed by atoms with Crippen LogP contribution in [0.3, 0.4) is 0 Å². The minimum absolute atomic E-state index is 0.177. The summed E-state index contributed by atoms with van der Waals surface area (Å²) in [7, 11) is 1.87. The lowest BCUT2D eigenvalue weighted by atomic mass is 10.2. The molecular formula is C19H38N10. The highest BCUT2D eigenvalue weighted by Crippen LogP contribution is 2.12. The van der Waals surface area contributed by atoms with Gasteiger partial charge in [-0.05, 0) is 19.8 Å². The van der Waals surface area contributed by atoms with E-state index in [9.17, 15) is 0 Å². The Hall–Kier alpha value is -2.52. The first-order chi connectivity index (χ1) is 14.0. The normalized spacial score (nSPS) is 21.9. The third-order valence-corrected chi connectivity index (χ3v) is 4.86. The van der Waals surface area contributed by atoms with Gasteiger partial charge in [0.25, 0.3) is 0 Å². The van der Waals surface area contributed by atoms with Crippen LogP contribution < -0.4 is 22.1 Å². The van der Waals surface area contributed by atoms with Gasteiger partial charge in [0.2, 0.25) is 11.9 Å². The third-order valence-electron chi connectivity index (χ3n) is 4.86. The Bertz CT molecular complexity index is 639. The van der Waals surface area contributed by atoms with Crippen molar-refractivity contribution in [3.8, 4) is 0 Å². The van der Waals surface area contributed by atoms with Gasteiger partial charge in [-0.2, -0.15) is 0 Å². The van der Waals surface area contributed by atoms with E-state index >= 15 is 0 Å². The van der Waals surface area contributed by atoms with Gasteiger partial charge in [-0.3, -0.25) is 9.80 Å². The van der Waals surface area contributed by atoms with E-state index in [1.54, 1.807) is 4.90 Å². The van der Waals surface area contributed by atoms with Crippen LogP contribution in [0.25, 0.3) is 0 Å². The van der Waals surface area contributed by atoms with Crippen molar-refractivity contribution < 1.29 is 0 Å². The fourth-order valence-corrected chi connectivity index (χ4v) is 3.10. The molecule has 0 fully saturated rings. The van der Waals surface area contributed by atoms with Gasteiger partial charge in [-0.1, -0.05) is 33.1 Å². The molecule has 0 aromatic carbocycles. The van der Waals surface area contributed by atoms with E-state index in [0.717, 1.165) is 44.3 Å². The molecule has 0 radical (unpaired) electrons. The van der Waals surface area contributed by atoms with Gasteiger partial charge in [-0.25, -0.2) is 20.0 Å². The molecule has 2 unspecified atom stereocenters. The number of rotatable bonds is 10. The monoisotopic (exact) mass is 406 g/mol. The van der Waals surface area contributed by atoms with E-state index < -0.39 is 0 Å². The lowest BCUT2D eigenvalue weighted by Gasteiger charge is -2.31. The number of aliphatic imine (C=N–C) groups is 4. The summed E-state index contributed by atoms with van der Waals surface area (Å²) in [5.41, 5.74) is 12.3. The topological polar surface area (TPSA) is 132 Å². The predicted octanol–water partition coefficient (Wildman–Crippen LogP) is 0.821. The van der Waals surface area contributed by atoms with E-state index in [1.807, 2.05) is 18.9 Å². The summed E-state index contributed by atoms with van der Waals surface area (Å²) in [6, 6.07) is 0. The molecular weight excluding hydrogens is 368 g/mol. The minimum Gasteiger partial charge on any atom is -0.369 e. The van der Waals surface area contributed by atoms with Gasteiger partial charge in [0, 0.05) is 33.1 Å². The molecule has 0 aliphatic carbocycles. The third kappa shape index (κ3) is 6.79. The maximum atomic E-state index is 6.19. The Kier molecular flexibility index (Phi) is 9.01. The van der Waals surface area contributed by atoms with Crippen LogP contribution in [0, 0.1) is 0 Å². The Morgan fingerprint density at radius 1 is 0.862 bits per heavy atom. The Labute approximate surface area is 174 Å². The quantitative estimate of drug-likeness (QED) is 0.397. The Morgan fingerprint density at radius 2 is 1.55 bits per heavy atom. The zero-order valence-corrected chi connectivity index (χ0v) is 18.4. The average molecular weight is 407 g/mol. The number of guanidine groups is 4. The standard InChI is InChI=1S/C19H38N10/c1-5-7-9-12-22-18-27-15(26-16(20)28(18)4)10-13-29-17(21)24-14(3)25-19(29)23-11-8-6-2/h14-15H,5-13H2,1-4H3,(H2,20,26)(H2,21,24)(H,22,27)(H,23,25). The molecule has 2 heterocycles. The molecule has 0 bridgehead atoms. The molecule has 2 atom stereocenters. The summed E-state index contributed by atoms with van der Waals surface area (Å²) in [5, 5.41) is 6.76. The summed E-state index contributed by atoms with van der Waals surface area (Å²) in [4.78, 5) is 21.9. The molecule has 2 rings (SSSR count). The maximum Gasteiger partial charge on any atom is 0.202 e. The van der Waals surface area contributed by atoms with Gasteiger partial charge in [0.15, 0.2) is 11.9 Å². The van der Waals surface area contributed by atoms with E-state index in [4.69, 9.17) is 16.5 Å². The van der Waals surface area contributed by atoms with Crippen LogP contribution in [-0.2, 0) is 0 Å². The molecule has 0 saturated heterocycles. The van der Waals surface area contributed by atoms with Gasteiger partial charge in [-0.15, -0.1) is 0 Å². The summed E-state index contributed by atoms with van der Waals surface area (Å²) in [6.07, 6.45) is 5.89.